The van der Waals surface area contributed by atoms with Crippen LogP contribution in [0.2, 0.25) is 0 Å². The summed E-state index contributed by atoms with van der Waals surface area (Å²) in [5.41, 5.74) is 0.676. The van der Waals surface area contributed by atoms with Crippen molar-refractivity contribution < 1.29 is 18.7 Å². The molecule has 4 heteroatoms. The Bertz CT molecular complexity index is 363. The number of halogens is 1. The molecule has 0 aromatic heterocycles. The zero-order valence-corrected chi connectivity index (χ0v) is 9.46. The number of para-hydroxylation sites is 1. The number of ether oxygens (including phenoxy) is 2. The SMILES string of the molecule is CCOC(=O)CCc1cccc(F)c1OC. The van der Waals surface area contributed by atoms with Crippen molar-refractivity contribution in [1.29, 1.82) is 0 Å². The van der Waals surface area contributed by atoms with E-state index < -0.39 is 5.82 Å². The lowest BCUT2D eigenvalue weighted by Crippen LogP contribution is -2.06. The van der Waals surface area contributed by atoms with E-state index in [0.29, 0.717) is 18.6 Å². The zero-order chi connectivity index (χ0) is 12.0. The van der Waals surface area contributed by atoms with E-state index in [1.165, 1.54) is 13.2 Å². The van der Waals surface area contributed by atoms with Gasteiger partial charge in [-0.1, -0.05) is 12.1 Å². The van der Waals surface area contributed by atoms with Crippen LogP contribution in [0.5, 0.6) is 5.75 Å². The van der Waals surface area contributed by atoms with E-state index in [4.69, 9.17) is 9.47 Å². The third-order valence-electron chi connectivity index (χ3n) is 2.16. The minimum Gasteiger partial charge on any atom is -0.493 e. The van der Waals surface area contributed by atoms with Crippen LogP contribution in [0.1, 0.15) is 18.9 Å². The van der Waals surface area contributed by atoms with Gasteiger partial charge in [0.1, 0.15) is 0 Å². The number of aryl methyl sites for hydroxylation is 1. The predicted molar refractivity (Wildman–Crippen MR) is 57.9 cm³/mol. The summed E-state index contributed by atoms with van der Waals surface area (Å²) < 4.78 is 23.0. The topological polar surface area (TPSA) is 35.5 Å². The first kappa shape index (κ1) is 12.5. The molecular weight excluding hydrogens is 211 g/mol. The van der Waals surface area contributed by atoms with Crippen LogP contribution >= 0.6 is 0 Å². The second kappa shape index (κ2) is 6.10. The van der Waals surface area contributed by atoms with Gasteiger partial charge in [0.15, 0.2) is 11.6 Å². The number of hydrogen-bond donors (Lipinski definition) is 0. The molecule has 0 N–H and O–H groups in total. The van der Waals surface area contributed by atoms with Crippen molar-refractivity contribution >= 4 is 5.97 Å². The van der Waals surface area contributed by atoms with E-state index >= 15 is 0 Å². The van der Waals surface area contributed by atoms with E-state index in [0.717, 1.165) is 0 Å². The molecule has 16 heavy (non-hydrogen) atoms. The molecule has 0 atom stereocenters. The van der Waals surface area contributed by atoms with Gasteiger partial charge in [0, 0.05) is 6.42 Å². The summed E-state index contributed by atoms with van der Waals surface area (Å²) in [7, 11) is 1.41. The van der Waals surface area contributed by atoms with Crippen LogP contribution in [0.4, 0.5) is 4.39 Å². The molecule has 0 fully saturated rings. The Kier molecular flexibility index (Phi) is 4.76. The lowest BCUT2D eigenvalue weighted by molar-refractivity contribution is -0.143. The minimum atomic E-state index is -0.413. The van der Waals surface area contributed by atoms with Crippen LogP contribution < -0.4 is 4.74 Å². The van der Waals surface area contributed by atoms with Gasteiger partial charge >= 0.3 is 5.97 Å². The van der Waals surface area contributed by atoms with Crippen molar-refractivity contribution in [3.05, 3.63) is 29.6 Å². The highest BCUT2D eigenvalue weighted by molar-refractivity contribution is 5.69. The molecule has 0 saturated carbocycles. The molecule has 1 rings (SSSR count). The van der Waals surface area contributed by atoms with Gasteiger partial charge in [-0.3, -0.25) is 4.79 Å². The van der Waals surface area contributed by atoms with E-state index in [1.54, 1.807) is 19.1 Å². The van der Waals surface area contributed by atoms with Crippen LogP contribution in [0.25, 0.3) is 0 Å². The standard InChI is InChI=1S/C12H15FO3/c1-3-16-11(14)8-7-9-5-4-6-10(13)12(9)15-2/h4-6H,3,7-8H2,1-2H3. The molecule has 0 aliphatic carbocycles. The smallest absolute Gasteiger partial charge is 0.306 e. The Balaban J connectivity index is 2.66. The maximum Gasteiger partial charge on any atom is 0.306 e. The molecule has 0 spiro atoms. The number of hydrogen-bond acceptors (Lipinski definition) is 3. The average molecular weight is 226 g/mol. The number of rotatable bonds is 5. The third-order valence-corrected chi connectivity index (χ3v) is 2.16. The molecule has 0 radical (unpaired) electrons. The van der Waals surface area contributed by atoms with Crippen LogP contribution in [0.15, 0.2) is 18.2 Å². The monoisotopic (exact) mass is 226 g/mol. The van der Waals surface area contributed by atoms with Gasteiger partial charge in [-0.25, -0.2) is 4.39 Å². The zero-order valence-electron chi connectivity index (χ0n) is 9.46. The molecule has 88 valence electrons. The van der Waals surface area contributed by atoms with Crippen LogP contribution in [0.3, 0.4) is 0 Å². The van der Waals surface area contributed by atoms with E-state index in [2.05, 4.69) is 0 Å². The highest BCUT2D eigenvalue weighted by Crippen LogP contribution is 2.23. The summed E-state index contributed by atoms with van der Waals surface area (Å²) in [6.45, 7) is 2.11. The average Bonchev–Trinajstić information content (AvgIpc) is 2.27. The van der Waals surface area contributed by atoms with Crippen LogP contribution in [-0.2, 0) is 16.0 Å². The van der Waals surface area contributed by atoms with E-state index in [9.17, 15) is 9.18 Å². The Morgan fingerprint density at radius 2 is 2.19 bits per heavy atom. The molecule has 1 aromatic rings. The predicted octanol–water partition coefficient (Wildman–Crippen LogP) is 2.33. The lowest BCUT2D eigenvalue weighted by atomic mass is 10.1. The fourth-order valence-electron chi connectivity index (χ4n) is 1.45. The largest absolute Gasteiger partial charge is 0.493 e. The summed E-state index contributed by atoms with van der Waals surface area (Å²) in [6.07, 6.45) is 0.646. The Hall–Kier alpha value is -1.58. The number of methoxy groups -OCH3 is 1. The first-order valence-electron chi connectivity index (χ1n) is 5.16. The molecule has 1 aromatic carbocycles. The number of carbonyl (C=O) groups excluding carboxylic acids is 1. The van der Waals surface area contributed by atoms with Crippen molar-refractivity contribution in [2.75, 3.05) is 13.7 Å². The fraction of sp³-hybridized carbons (Fsp3) is 0.417. The number of esters is 1. The van der Waals surface area contributed by atoms with Gasteiger partial charge in [0.2, 0.25) is 0 Å². The molecule has 0 heterocycles. The van der Waals surface area contributed by atoms with Crippen LogP contribution in [-0.4, -0.2) is 19.7 Å². The van der Waals surface area contributed by atoms with Gasteiger partial charge in [0.05, 0.1) is 13.7 Å². The summed E-state index contributed by atoms with van der Waals surface area (Å²) in [5.74, 6) is -0.496. The van der Waals surface area contributed by atoms with Gasteiger partial charge < -0.3 is 9.47 Å². The normalized spacial score (nSPS) is 9.94. The maximum absolute atomic E-state index is 13.3. The Morgan fingerprint density at radius 3 is 2.81 bits per heavy atom. The highest BCUT2D eigenvalue weighted by atomic mass is 19.1. The quantitative estimate of drug-likeness (QED) is 0.723. The lowest BCUT2D eigenvalue weighted by Gasteiger charge is -2.08. The molecule has 0 aliphatic heterocycles. The van der Waals surface area contributed by atoms with Gasteiger partial charge in [-0.15, -0.1) is 0 Å². The second-order valence-electron chi connectivity index (χ2n) is 3.24. The summed E-state index contributed by atoms with van der Waals surface area (Å²) >= 11 is 0. The van der Waals surface area contributed by atoms with Crippen LogP contribution in [0, 0.1) is 5.82 Å². The first-order chi connectivity index (χ1) is 7.69. The summed E-state index contributed by atoms with van der Waals surface area (Å²) in [5, 5.41) is 0. The molecular formula is C12H15FO3. The molecule has 0 amide bonds. The summed E-state index contributed by atoms with van der Waals surface area (Å²) in [4.78, 5) is 11.1. The van der Waals surface area contributed by atoms with Gasteiger partial charge in [-0.05, 0) is 25.0 Å². The van der Waals surface area contributed by atoms with E-state index in [1.807, 2.05) is 0 Å². The Labute approximate surface area is 94.2 Å². The van der Waals surface area contributed by atoms with Crippen molar-refractivity contribution in [1.82, 2.24) is 0 Å². The summed E-state index contributed by atoms with van der Waals surface area (Å²) in [6, 6.07) is 4.66. The minimum absolute atomic E-state index is 0.201. The van der Waals surface area contributed by atoms with Crippen molar-refractivity contribution in [3.8, 4) is 5.75 Å². The van der Waals surface area contributed by atoms with Gasteiger partial charge in [-0.2, -0.15) is 0 Å². The van der Waals surface area contributed by atoms with E-state index in [-0.39, 0.29) is 18.1 Å². The third kappa shape index (κ3) is 3.22. The number of benzene rings is 1. The van der Waals surface area contributed by atoms with Crippen molar-refractivity contribution in [2.45, 2.75) is 19.8 Å². The fourth-order valence-corrected chi connectivity index (χ4v) is 1.45. The molecule has 0 unspecified atom stereocenters. The Morgan fingerprint density at radius 1 is 1.44 bits per heavy atom. The second-order valence-corrected chi connectivity index (χ2v) is 3.24. The molecule has 3 nitrogen and oxygen atoms in total. The number of carbonyl (C=O) groups is 1. The first-order valence-corrected chi connectivity index (χ1v) is 5.16. The molecule has 0 aliphatic rings. The molecule has 0 bridgehead atoms. The van der Waals surface area contributed by atoms with Crippen molar-refractivity contribution in [3.63, 3.8) is 0 Å². The maximum atomic E-state index is 13.3. The molecule has 0 saturated heterocycles. The van der Waals surface area contributed by atoms with Gasteiger partial charge in [0.25, 0.3) is 0 Å². The highest BCUT2D eigenvalue weighted by Gasteiger charge is 2.10. The van der Waals surface area contributed by atoms with Crippen molar-refractivity contribution in [2.24, 2.45) is 0 Å².